The molecule has 15 heavy (non-hydrogen) atoms. The molecule has 1 aromatic heterocycles. The molecule has 0 radical (unpaired) electrons. The molecule has 0 unspecified atom stereocenters. The van der Waals surface area contributed by atoms with E-state index in [0.29, 0.717) is 12.5 Å². The molecule has 0 aliphatic heterocycles. The van der Waals surface area contributed by atoms with E-state index in [0.717, 1.165) is 23.4 Å². The van der Waals surface area contributed by atoms with Crippen molar-refractivity contribution in [1.29, 1.82) is 5.26 Å². The molecule has 1 heterocycles. The summed E-state index contributed by atoms with van der Waals surface area (Å²) in [7, 11) is 0. The van der Waals surface area contributed by atoms with Gasteiger partial charge in [-0.25, -0.2) is 0 Å². The van der Waals surface area contributed by atoms with Gasteiger partial charge in [0.25, 0.3) is 0 Å². The van der Waals surface area contributed by atoms with Crippen LogP contribution in [0.4, 0.5) is 5.69 Å². The van der Waals surface area contributed by atoms with E-state index in [1.54, 1.807) is 0 Å². The molecule has 0 bridgehead atoms. The number of hydrogen-bond donors (Lipinski definition) is 0. The third-order valence-corrected chi connectivity index (χ3v) is 3.35. The van der Waals surface area contributed by atoms with Crippen molar-refractivity contribution in [3.8, 4) is 6.07 Å². The lowest BCUT2D eigenvalue weighted by Crippen LogP contribution is -2.25. The Balaban J connectivity index is 2.09. The van der Waals surface area contributed by atoms with Gasteiger partial charge >= 0.3 is 0 Å². The normalized spacial score (nSPS) is 14.6. The zero-order valence-corrected chi connectivity index (χ0v) is 9.17. The molecule has 0 aromatic carbocycles. The molecule has 0 atom stereocenters. The first-order chi connectivity index (χ1) is 7.35. The molecular weight excluding hydrogens is 208 g/mol. The second-order valence-corrected chi connectivity index (χ2v) is 4.60. The third kappa shape index (κ3) is 2.37. The lowest BCUT2D eigenvalue weighted by atomic mass is 10.3. The van der Waals surface area contributed by atoms with Crippen LogP contribution in [-0.2, 0) is 0 Å². The van der Waals surface area contributed by atoms with Crippen LogP contribution in [0.2, 0.25) is 0 Å². The van der Waals surface area contributed by atoms with Gasteiger partial charge in [-0.05, 0) is 18.9 Å². The van der Waals surface area contributed by atoms with Crippen LogP contribution >= 0.6 is 11.3 Å². The lowest BCUT2D eigenvalue weighted by molar-refractivity contribution is 0.112. The highest BCUT2D eigenvalue weighted by atomic mass is 32.1. The van der Waals surface area contributed by atoms with Gasteiger partial charge < -0.3 is 4.90 Å². The van der Waals surface area contributed by atoms with E-state index in [2.05, 4.69) is 11.0 Å². The van der Waals surface area contributed by atoms with E-state index in [-0.39, 0.29) is 0 Å². The summed E-state index contributed by atoms with van der Waals surface area (Å²) >= 11 is 1.46. The van der Waals surface area contributed by atoms with Crippen molar-refractivity contribution in [3.05, 3.63) is 16.3 Å². The summed E-state index contributed by atoms with van der Waals surface area (Å²) in [5, 5.41) is 10.6. The van der Waals surface area contributed by atoms with E-state index >= 15 is 0 Å². The summed E-state index contributed by atoms with van der Waals surface area (Å²) in [4.78, 5) is 13.6. The molecule has 0 spiro atoms. The number of nitriles is 1. The highest BCUT2D eigenvalue weighted by Crippen LogP contribution is 2.33. The Morgan fingerprint density at radius 1 is 1.67 bits per heavy atom. The Morgan fingerprint density at radius 2 is 2.47 bits per heavy atom. The standard InChI is InChI=1S/C11H12N2OS/c12-4-1-5-13(9-2-3-9)10-6-11(7-14)15-8-10/h6-9H,1-3,5H2. The molecule has 0 amide bonds. The molecule has 4 heteroatoms. The Hall–Kier alpha value is -1.34. The van der Waals surface area contributed by atoms with Crippen molar-refractivity contribution in [2.45, 2.75) is 25.3 Å². The molecular formula is C11H12N2OS. The van der Waals surface area contributed by atoms with E-state index in [1.165, 1.54) is 24.2 Å². The van der Waals surface area contributed by atoms with Gasteiger partial charge in [0.15, 0.2) is 6.29 Å². The average Bonchev–Trinajstić information content (AvgIpc) is 2.97. The topological polar surface area (TPSA) is 44.1 Å². The number of carbonyl (C=O) groups excluding carboxylic acids is 1. The van der Waals surface area contributed by atoms with Crippen LogP contribution in [0.3, 0.4) is 0 Å². The summed E-state index contributed by atoms with van der Waals surface area (Å²) in [5.74, 6) is 0. The van der Waals surface area contributed by atoms with Crippen LogP contribution in [0.15, 0.2) is 11.4 Å². The van der Waals surface area contributed by atoms with Crippen LogP contribution in [0.25, 0.3) is 0 Å². The van der Waals surface area contributed by atoms with Crippen LogP contribution in [-0.4, -0.2) is 18.9 Å². The number of anilines is 1. The average molecular weight is 220 g/mol. The molecule has 1 saturated carbocycles. The summed E-state index contributed by atoms with van der Waals surface area (Å²) in [5.41, 5.74) is 1.10. The highest BCUT2D eigenvalue weighted by molar-refractivity contribution is 7.12. The van der Waals surface area contributed by atoms with Crippen molar-refractivity contribution in [1.82, 2.24) is 0 Å². The van der Waals surface area contributed by atoms with Gasteiger partial charge in [0.05, 0.1) is 17.4 Å². The van der Waals surface area contributed by atoms with Gasteiger partial charge in [0.1, 0.15) is 0 Å². The van der Waals surface area contributed by atoms with E-state index in [4.69, 9.17) is 5.26 Å². The number of carbonyl (C=O) groups is 1. The molecule has 78 valence electrons. The Labute approximate surface area is 92.9 Å². The van der Waals surface area contributed by atoms with Gasteiger partial charge in [-0.2, -0.15) is 5.26 Å². The molecule has 0 N–H and O–H groups in total. The SMILES string of the molecule is N#CCCN(c1csc(C=O)c1)C1CC1. The van der Waals surface area contributed by atoms with E-state index < -0.39 is 0 Å². The fourth-order valence-corrected chi connectivity index (χ4v) is 2.34. The minimum atomic E-state index is 0.544. The molecule has 0 saturated heterocycles. The van der Waals surface area contributed by atoms with Crippen LogP contribution < -0.4 is 4.90 Å². The smallest absolute Gasteiger partial charge is 0.160 e. The van der Waals surface area contributed by atoms with Gasteiger partial charge in [-0.1, -0.05) is 0 Å². The van der Waals surface area contributed by atoms with Crippen LogP contribution in [0.5, 0.6) is 0 Å². The summed E-state index contributed by atoms with van der Waals surface area (Å²) in [6.45, 7) is 0.774. The lowest BCUT2D eigenvalue weighted by Gasteiger charge is -2.21. The number of thiophene rings is 1. The van der Waals surface area contributed by atoms with Crippen molar-refractivity contribution < 1.29 is 4.79 Å². The quantitative estimate of drug-likeness (QED) is 0.716. The number of aldehydes is 1. The fourth-order valence-electron chi connectivity index (χ4n) is 1.63. The van der Waals surface area contributed by atoms with E-state index in [9.17, 15) is 4.79 Å². The molecule has 1 aliphatic carbocycles. The summed E-state index contributed by atoms with van der Waals surface area (Å²) in [6, 6.07) is 4.66. The molecule has 1 aromatic rings. The molecule has 1 aliphatic rings. The minimum Gasteiger partial charge on any atom is -0.367 e. The minimum absolute atomic E-state index is 0.544. The summed E-state index contributed by atoms with van der Waals surface area (Å²) < 4.78 is 0. The molecule has 1 fully saturated rings. The van der Waals surface area contributed by atoms with Crippen molar-refractivity contribution in [2.24, 2.45) is 0 Å². The second-order valence-electron chi connectivity index (χ2n) is 3.66. The number of rotatable bonds is 5. The Kier molecular flexibility index (Phi) is 3.02. The Morgan fingerprint density at radius 3 is 3.00 bits per heavy atom. The third-order valence-electron chi connectivity index (χ3n) is 2.51. The maximum Gasteiger partial charge on any atom is 0.160 e. The molecule has 2 rings (SSSR count). The summed E-state index contributed by atoms with van der Waals surface area (Å²) in [6.07, 6.45) is 3.84. The monoisotopic (exact) mass is 220 g/mol. The van der Waals surface area contributed by atoms with Gasteiger partial charge in [0.2, 0.25) is 0 Å². The van der Waals surface area contributed by atoms with Gasteiger partial charge in [0, 0.05) is 23.7 Å². The van der Waals surface area contributed by atoms with Crippen molar-refractivity contribution in [3.63, 3.8) is 0 Å². The molecule has 3 nitrogen and oxygen atoms in total. The van der Waals surface area contributed by atoms with Crippen LogP contribution in [0.1, 0.15) is 28.9 Å². The van der Waals surface area contributed by atoms with Gasteiger partial charge in [-0.3, -0.25) is 4.79 Å². The number of hydrogen-bond acceptors (Lipinski definition) is 4. The van der Waals surface area contributed by atoms with E-state index in [1.807, 2.05) is 11.4 Å². The maximum absolute atomic E-state index is 10.6. The maximum atomic E-state index is 10.6. The first-order valence-electron chi connectivity index (χ1n) is 5.02. The largest absolute Gasteiger partial charge is 0.367 e. The first kappa shape index (κ1) is 10.2. The zero-order chi connectivity index (χ0) is 10.7. The predicted molar refractivity (Wildman–Crippen MR) is 60.3 cm³/mol. The van der Waals surface area contributed by atoms with Crippen molar-refractivity contribution >= 4 is 23.3 Å². The predicted octanol–water partition coefficient (Wildman–Crippen LogP) is 2.44. The van der Waals surface area contributed by atoms with Crippen LogP contribution in [0, 0.1) is 11.3 Å². The zero-order valence-electron chi connectivity index (χ0n) is 8.35. The first-order valence-corrected chi connectivity index (χ1v) is 5.90. The fraction of sp³-hybridized carbons (Fsp3) is 0.455. The Bertz CT molecular complexity index is 390. The number of nitrogens with zero attached hydrogens (tertiary/aromatic N) is 2. The van der Waals surface area contributed by atoms with Gasteiger partial charge in [-0.15, -0.1) is 11.3 Å². The second kappa shape index (κ2) is 4.45. The van der Waals surface area contributed by atoms with Crippen molar-refractivity contribution in [2.75, 3.05) is 11.4 Å². The highest BCUT2D eigenvalue weighted by Gasteiger charge is 2.29.